The van der Waals surface area contributed by atoms with Gasteiger partial charge in [-0.1, -0.05) is 0 Å². The fourth-order valence-corrected chi connectivity index (χ4v) is 3.05. The van der Waals surface area contributed by atoms with Gasteiger partial charge >= 0.3 is 11.9 Å². The fraction of sp³-hybridized carbons (Fsp3) is 0.550. The molecule has 14 heteroatoms. The molecule has 0 aliphatic carbocycles. The molecule has 0 amide bonds. The molecule has 5 unspecified atom stereocenters. The van der Waals surface area contributed by atoms with Crippen molar-refractivity contribution in [2.75, 3.05) is 27.4 Å². The smallest absolute Gasteiger partial charge is 0.338 e. The van der Waals surface area contributed by atoms with Crippen LogP contribution in [0.4, 0.5) is 0 Å². The second kappa shape index (κ2) is 12.2. The maximum absolute atomic E-state index is 12.4. The summed E-state index contributed by atoms with van der Waals surface area (Å²) in [5, 5.41) is 39.2. The number of nitrogens with zero attached hydrogens (tertiary/aromatic N) is 1. The van der Waals surface area contributed by atoms with Gasteiger partial charge in [-0.2, -0.15) is 0 Å². The zero-order valence-electron chi connectivity index (χ0n) is 18.6. The number of aliphatic hydroxyl groups is 3. The molecule has 8 N–H and O–H groups in total. The number of esters is 1. The van der Waals surface area contributed by atoms with Crippen molar-refractivity contribution in [1.29, 1.82) is 0 Å². The normalized spacial score (nSPS) is 24.1. The van der Waals surface area contributed by atoms with E-state index in [1.165, 1.54) is 26.4 Å². The highest BCUT2D eigenvalue weighted by atomic mass is 16.7. The fourth-order valence-electron chi connectivity index (χ4n) is 3.05. The highest BCUT2D eigenvalue weighted by Crippen LogP contribution is 2.40. The number of benzene rings is 1. The summed E-state index contributed by atoms with van der Waals surface area (Å²) in [7, 11) is 2.55. The third-order valence-corrected chi connectivity index (χ3v) is 4.82. The lowest BCUT2D eigenvalue weighted by molar-refractivity contribution is -0.271. The summed E-state index contributed by atoms with van der Waals surface area (Å²) in [5.74, 6) is -2.46. The van der Waals surface area contributed by atoms with Crippen LogP contribution in [0.25, 0.3) is 0 Å². The van der Waals surface area contributed by atoms with Crippen LogP contribution in [-0.4, -0.2) is 96.4 Å². The number of carboxylic acids is 1. The Morgan fingerprint density at radius 3 is 2.18 bits per heavy atom. The highest BCUT2D eigenvalue weighted by Gasteiger charge is 2.48. The Morgan fingerprint density at radius 2 is 1.65 bits per heavy atom. The van der Waals surface area contributed by atoms with Crippen LogP contribution in [0.2, 0.25) is 0 Å². The summed E-state index contributed by atoms with van der Waals surface area (Å²) in [6.07, 6.45) is -7.98. The van der Waals surface area contributed by atoms with E-state index in [-0.39, 0.29) is 35.4 Å². The van der Waals surface area contributed by atoms with Crippen LogP contribution < -0.4 is 25.7 Å². The molecule has 1 aromatic carbocycles. The summed E-state index contributed by atoms with van der Waals surface area (Å²) in [4.78, 5) is 27.6. The molecule has 5 atom stereocenters. The van der Waals surface area contributed by atoms with Crippen molar-refractivity contribution >= 4 is 17.9 Å². The molecule has 1 heterocycles. The molecule has 0 radical (unpaired) electrons. The molecule has 0 spiro atoms. The second-order valence-corrected chi connectivity index (χ2v) is 7.21. The Morgan fingerprint density at radius 1 is 1.03 bits per heavy atom. The van der Waals surface area contributed by atoms with Crippen molar-refractivity contribution in [2.45, 2.75) is 43.5 Å². The third-order valence-electron chi connectivity index (χ3n) is 4.82. The van der Waals surface area contributed by atoms with Crippen molar-refractivity contribution in [3.05, 3.63) is 17.7 Å². The lowest BCUT2D eigenvalue weighted by Crippen LogP contribution is -2.61. The van der Waals surface area contributed by atoms with Gasteiger partial charge in [0.05, 0.1) is 26.4 Å². The number of unbranched alkanes of at least 4 members (excludes halogenated alkanes) is 1. The van der Waals surface area contributed by atoms with E-state index in [1.807, 2.05) is 0 Å². The van der Waals surface area contributed by atoms with Crippen molar-refractivity contribution in [1.82, 2.24) is 0 Å². The Hall–Kier alpha value is -3.33. The van der Waals surface area contributed by atoms with Gasteiger partial charge in [-0.25, -0.2) is 9.59 Å². The number of hydrogen-bond acceptors (Lipinski definition) is 11. The Balaban J connectivity index is 2.16. The maximum atomic E-state index is 12.4. The molecule has 34 heavy (non-hydrogen) atoms. The van der Waals surface area contributed by atoms with E-state index in [0.717, 1.165) is 0 Å². The number of aliphatic hydroxyl groups excluding tert-OH is 3. The number of ether oxygens (including phenoxy) is 5. The van der Waals surface area contributed by atoms with Gasteiger partial charge in [0.25, 0.3) is 0 Å². The van der Waals surface area contributed by atoms with Crippen LogP contribution in [0.15, 0.2) is 17.1 Å². The summed E-state index contributed by atoms with van der Waals surface area (Å²) < 4.78 is 26.4. The van der Waals surface area contributed by atoms with Crippen molar-refractivity contribution in [3.8, 4) is 17.2 Å². The Kier molecular flexibility index (Phi) is 9.68. The molecule has 0 bridgehead atoms. The monoisotopic (exact) mass is 487 g/mol. The van der Waals surface area contributed by atoms with Gasteiger partial charge in [0.2, 0.25) is 12.0 Å². The number of rotatable bonds is 11. The van der Waals surface area contributed by atoms with Gasteiger partial charge in [-0.15, -0.1) is 0 Å². The molecule has 190 valence electrons. The lowest BCUT2D eigenvalue weighted by atomic mass is 9.99. The second-order valence-electron chi connectivity index (χ2n) is 7.21. The molecular formula is C20H29N3O11. The van der Waals surface area contributed by atoms with Gasteiger partial charge in [0.15, 0.2) is 23.6 Å². The molecule has 1 fully saturated rings. The van der Waals surface area contributed by atoms with Crippen LogP contribution in [0.5, 0.6) is 17.2 Å². The lowest BCUT2D eigenvalue weighted by Gasteiger charge is -2.38. The minimum atomic E-state index is -1.88. The third kappa shape index (κ3) is 6.60. The molecule has 0 saturated carbocycles. The number of nitrogens with two attached hydrogens (primary N) is 2. The van der Waals surface area contributed by atoms with Crippen LogP contribution in [0.3, 0.4) is 0 Å². The predicted octanol–water partition coefficient (Wildman–Crippen LogP) is -1.81. The number of methoxy groups -OCH3 is 2. The average molecular weight is 487 g/mol. The molecule has 1 aliphatic heterocycles. The van der Waals surface area contributed by atoms with Crippen molar-refractivity contribution in [2.24, 2.45) is 16.5 Å². The number of aliphatic carboxylic acids is 1. The topological polar surface area (TPSA) is 226 Å². The van der Waals surface area contributed by atoms with Crippen molar-refractivity contribution in [3.63, 3.8) is 0 Å². The quantitative estimate of drug-likeness (QED) is 0.0876. The first-order chi connectivity index (χ1) is 16.1. The number of carbonyl (C=O) groups is 2. The van der Waals surface area contributed by atoms with E-state index >= 15 is 0 Å². The van der Waals surface area contributed by atoms with E-state index in [2.05, 4.69) is 4.99 Å². The number of aliphatic imine (C=N–C) groups is 1. The zero-order valence-corrected chi connectivity index (χ0v) is 18.6. The predicted molar refractivity (Wildman–Crippen MR) is 115 cm³/mol. The number of hydrogen-bond donors (Lipinski definition) is 6. The highest BCUT2D eigenvalue weighted by molar-refractivity contribution is 5.91. The maximum Gasteiger partial charge on any atom is 0.338 e. The molecule has 1 saturated heterocycles. The van der Waals surface area contributed by atoms with E-state index in [4.69, 9.17) is 35.2 Å². The van der Waals surface area contributed by atoms with Crippen molar-refractivity contribution < 1.29 is 53.7 Å². The van der Waals surface area contributed by atoms with Gasteiger partial charge in [-0.3, -0.25) is 4.99 Å². The van der Waals surface area contributed by atoms with E-state index in [0.29, 0.717) is 19.4 Å². The standard InChI is InChI=1S/C20H29N3O11/c1-30-10-7-9(18(29)32-6-4-3-5-23-20(21)22)8-11(31-2)15(10)33-19-14(26)12(24)13(25)16(34-19)17(27)28/h7-8,12-14,16,19,24-26H,3-6H2,1-2H3,(H,27,28)(H4,21,22,23). The number of carbonyl (C=O) groups excluding carboxylic acids is 1. The van der Waals surface area contributed by atoms with E-state index in [9.17, 15) is 30.0 Å². The zero-order chi connectivity index (χ0) is 25.4. The summed E-state index contributed by atoms with van der Waals surface area (Å²) in [6, 6.07) is 2.57. The van der Waals surface area contributed by atoms with Crippen LogP contribution in [0, 0.1) is 0 Å². The molecule has 1 aliphatic rings. The van der Waals surface area contributed by atoms with Gasteiger partial charge in [0, 0.05) is 6.54 Å². The molecule has 0 aromatic heterocycles. The summed E-state index contributed by atoms with van der Waals surface area (Å²) in [5.41, 5.74) is 10.5. The molecule has 2 rings (SSSR count). The summed E-state index contributed by atoms with van der Waals surface area (Å²) >= 11 is 0. The molecule has 14 nitrogen and oxygen atoms in total. The van der Waals surface area contributed by atoms with Gasteiger partial charge < -0.3 is 55.6 Å². The SMILES string of the molecule is COc1cc(C(=O)OCCCCN=C(N)N)cc(OC)c1OC1OC(C(=O)O)C(O)C(O)C1O. The van der Waals surface area contributed by atoms with Gasteiger partial charge in [0.1, 0.15) is 18.3 Å². The minimum absolute atomic E-state index is 0.0196. The largest absolute Gasteiger partial charge is 0.493 e. The van der Waals surface area contributed by atoms with E-state index in [1.54, 1.807) is 0 Å². The molecule has 1 aromatic rings. The molecular weight excluding hydrogens is 458 g/mol. The summed E-state index contributed by atoms with van der Waals surface area (Å²) in [6.45, 7) is 0.512. The average Bonchev–Trinajstić information content (AvgIpc) is 2.80. The minimum Gasteiger partial charge on any atom is -0.493 e. The van der Waals surface area contributed by atoms with Crippen LogP contribution in [-0.2, 0) is 14.3 Å². The Labute approximate surface area is 194 Å². The van der Waals surface area contributed by atoms with Crippen LogP contribution >= 0.6 is 0 Å². The number of guanidine groups is 1. The van der Waals surface area contributed by atoms with Gasteiger partial charge in [-0.05, 0) is 25.0 Å². The first-order valence-corrected chi connectivity index (χ1v) is 10.2. The number of carboxylic acid groups (broad SMARTS) is 1. The first kappa shape index (κ1) is 26.9. The van der Waals surface area contributed by atoms with E-state index < -0.39 is 42.6 Å². The first-order valence-electron chi connectivity index (χ1n) is 10.2. The van der Waals surface area contributed by atoms with Crippen LogP contribution in [0.1, 0.15) is 23.2 Å². The Bertz CT molecular complexity index is 866.